The minimum atomic E-state index is 0.906. The van der Waals surface area contributed by atoms with Crippen molar-refractivity contribution in [2.75, 3.05) is 45.9 Å². The number of nitrogens with one attached hydrogen (secondary N) is 1. The molecule has 1 rings (SSSR count). The van der Waals surface area contributed by atoms with E-state index in [1.54, 1.807) is 0 Å². The summed E-state index contributed by atoms with van der Waals surface area (Å²) in [6.07, 6.45) is 3.80. The summed E-state index contributed by atoms with van der Waals surface area (Å²) < 4.78 is 5.58. The number of piperazine rings is 1. The topological polar surface area (TPSA) is 24.5 Å². The van der Waals surface area contributed by atoms with Crippen molar-refractivity contribution in [3.05, 3.63) is 0 Å². The number of ether oxygens (including phenoxy) is 1. The summed E-state index contributed by atoms with van der Waals surface area (Å²) in [6, 6.07) is 0. The summed E-state index contributed by atoms with van der Waals surface area (Å²) in [5.41, 5.74) is 0. The van der Waals surface area contributed by atoms with Gasteiger partial charge in [0, 0.05) is 39.3 Å². The van der Waals surface area contributed by atoms with Crippen LogP contribution in [-0.2, 0) is 4.74 Å². The van der Waals surface area contributed by atoms with Gasteiger partial charge in [-0.2, -0.15) is 0 Å². The van der Waals surface area contributed by atoms with Crippen LogP contribution in [0.25, 0.3) is 0 Å². The van der Waals surface area contributed by atoms with Crippen LogP contribution >= 0.6 is 0 Å². The Balaban J connectivity index is 1.82. The van der Waals surface area contributed by atoms with Gasteiger partial charge in [-0.05, 0) is 6.42 Å². The Kier molecular flexibility index (Phi) is 7.01. The molecule has 84 valence electrons. The van der Waals surface area contributed by atoms with E-state index in [9.17, 15) is 0 Å². The summed E-state index contributed by atoms with van der Waals surface area (Å²) in [5.74, 6) is 0. The molecule has 0 aromatic carbocycles. The largest absolute Gasteiger partial charge is 0.380 e. The molecule has 0 unspecified atom stereocenters. The van der Waals surface area contributed by atoms with E-state index < -0.39 is 0 Å². The number of hydrogen-bond acceptors (Lipinski definition) is 3. The van der Waals surface area contributed by atoms with Gasteiger partial charge in [-0.25, -0.2) is 0 Å². The summed E-state index contributed by atoms with van der Waals surface area (Å²) in [4.78, 5) is 2.47. The van der Waals surface area contributed by atoms with Crippen molar-refractivity contribution < 1.29 is 4.74 Å². The molecule has 0 aromatic rings. The van der Waals surface area contributed by atoms with Gasteiger partial charge in [0.15, 0.2) is 0 Å². The first-order valence-electron chi connectivity index (χ1n) is 5.94. The normalized spacial score (nSPS) is 18.6. The van der Waals surface area contributed by atoms with Crippen molar-refractivity contribution in [2.45, 2.75) is 26.2 Å². The molecule has 1 N–H and O–H groups in total. The number of unbranched alkanes of at least 4 members (excludes halogenated alkanes) is 2. The Hall–Kier alpha value is -0.120. The van der Waals surface area contributed by atoms with Crippen LogP contribution in [0.4, 0.5) is 0 Å². The first kappa shape index (κ1) is 12.0. The van der Waals surface area contributed by atoms with E-state index in [-0.39, 0.29) is 0 Å². The third kappa shape index (κ3) is 5.58. The molecule has 0 amide bonds. The van der Waals surface area contributed by atoms with E-state index in [1.165, 1.54) is 32.4 Å². The third-order valence-electron chi connectivity index (χ3n) is 2.65. The van der Waals surface area contributed by atoms with E-state index in [1.807, 2.05) is 0 Å². The first-order valence-corrected chi connectivity index (χ1v) is 5.94. The molecule has 1 heterocycles. The second kappa shape index (κ2) is 8.21. The van der Waals surface area contributed by atoms with E-state index in [4.69, 9.17) is 4.74 Å². The van der Waals surface area contributed by atoms with E-state index in [0.29, 0.717) is 0 Å². The first-order chi connectivity index (χ1) is 6.93. The Morgan fingerprint density at radius 2 is 1.93 bits per heavy atom. The lowest BCUT2D eigenvalue weighted by atomic mass is 10.3. The van der Waals surface area contributed by atoms with Crippen LogP contribution < -0.4 is 5.32 Å². The van der Waals surface area contributed by atoms with Crippen molar-refractivity contribution in [1.82, 2.24) is 10.2 Å². The number of hydrogen-bond donors (Lipinski definition) is 1. The average molecular weight is 200 g/mol. The van der Waals surface area contributed by atoms with Gasteiger partial charge in [0.2, 0.25) is 0 Å². The molecule has 1 aliphatic heterocycles. The average Bonchev–Trinajstić information content (AvgIpc) is 2.25. The van der Waals surface area contributed by atoms with Crippen LogP contribution in [0.2, 0.25) is 0 Å². The molecule has 1 aliphatic rings. The van der Waals surface area contributed by atoms with Crippen LogP contribution in [0.5, 0.6) is 0 Å². The van der Waals surface area contributed by atoms with E-state index >= 15 is 0 Å². The predicted molar refractivity (Wildman–Crippen MR) is 59.7 cm³/mol. The second-order valence-corrected chi connectivity index (χ2v) is 3.91. The maximum absolute atomic E-state index is 5.58. The molecule has 0 bridgehead atoms. The Morgan fingerprint density at radius 1 is 1.14 bits per heavy atom. The molecule has 1 saturated heterocycles. The van der Waals surface area contributed by atoms with Gasteiger partial charge in [0.25, 0.3) is 0 Å². The summed E-state index contributed by atoms with van der Waals surface area (Å²) in [6.45, 7) is 9.81. The van der Waals surface area contributed by atoms with Crippen molar-refractivity contribution >= 4 is 0 Å². The van der Waals surface area contributed by atoms with Gasteiger partial charge in [-0.15, -0.1) is 0 Å². The highest BCUT2D eigenvalue weighted by atomic mass is 16.5. The maximum atomic E-state index is 5.58. The van der Waals surface area contributed by atoms with Gasteiger partial charge in [0.05, 0.1) is 6.61 Å². The molecule has 0 aromatic heterocycles. The molecular weight excluding hydrogens is 176 g/mol. The summed E-state index contributed by atoms with van der Waals surface area (Å²) in [5, 5.41) is 3.35. The van der Waals surface area contributed by atoms with Crippen molar-refractivity contribution in [3.63, 3.8) is 0 Å². The molecule has 0 saturated carbocycles. The van der Waals surface area contributed by atoms with Gasteiger partial charge in [0.1, 0.15) is 0 Å². The standard InChI is InChI=1S/C11H24N2O/c1-2-3-4-10-14-11-9-13-7-5-12-6-8-13/h12H,2-11H2,1H3. The lowest BCUT2D eigenvalue weighted by Crippen LogP contribution is -2.44. The Bertz CT molecular complexity index is 124. The van der Waals surface area contributed by atoms with Crippen LogP contribution in [0, 0.1) is 0 Å². The summed E-state index contributed by atoms with van der Waals surface area (Å²) in [7, 11) is 0. The van der Waals surface area contributed by atoms with E-state index in [0.717, 1.165) is 32.8 Å². The third-order valence-corrected chi connectivity index (χ3v) is 2.65. The highest BCUT2D eigenvalue weighted by Gasteiger charge is 2.07. The molecule has 0 aliphatic carbocycles. The highest BCUT2D eigenvalue weighted by molar-refractivity contribution is 4.66. The van der Waals surface area contributed by atoms with Gasteiger partial charge < -0.3 is 10.1 Å². The maximum Gasteiger partial charge on any atom is 0.0593 e. The lowest BCUT2D eigenvalue weighted by Gasteiger charge is -2.26. The monoisotopic (exact) mass is 200 g/mol. The Morgan fingerprint density at radius 3 is 2.64 bits per heavy atom. The molecule has 3 nitrogen and oxygen atoms in total. The fraction of sp³-hybridized carbons (Fsp3) is 1.00. The van der Waals surface area contributed by atoms with Crippen LogP contribution in [0.15, 0.2) is 0 Å². The highest BCUT2D eigenvalue weighted by Crippen LogP contribution is 1.95. The van der Waals surface area contributed by atoms with Crippen molar-refractivity contribution in [1.29, 1.82) is 0 Å². The molecule has 0 radical (unpaired) electrons. The number of nitrogens with zero attached hydrogens (tertiary/aromatic N) is 1. The second-order valence-electron chi connectivity index (χ2n) is 3.91. The molecule has 3 heteroatoms. The smallest absolute Gasteiger partial charge is 0.0593 e. The SMILES string of the molecule is CCCCCOCCN1CCNCC1. The van der Waals surface area contributed by atoms with E-state index in [2.05, 4.69) is 17.1 Å². The zero-order chi connectivity index (χ0) is 10.1. The van der Waals surface area contributed by atoms with Crippen LogP contribution in [0.1, 0.15) is 26.2 Å². The zero-order valence-corrected chi connectivity index (χ0v) is 9.43. The van der Waals surface area contributed by atoms with Crippen LogP contribution in [0.3, 0.4) is 0 Å². The van der Waals surface area contributed by atoms with Crippen molar-refractivity contribution in [3.8, 4) is 0 Å². The van der Waals surface area contributed by atoms with Crippen molar-refractivity contribution in [2.24, 2.45) is 0 Å². The molecule has 14 heavy (non-hydrogen) atoms. The molecule has 0 atom stereocenters. The predicted octanol–water partition coefficient (Wildman–Crippen LogP) is 1.10. The minimum Gasteiger partial charge on any atom is -0.380 e. The molecule has 0 spiro atoms. The number of rotatable bonds is 7. The minimum absolute atomic E-state index is 0.906. The summed E-state index contributed by atoms with van der Waals surface area (Å²) >= 11 is 0. The lowest BCUT2D eigenvalue weighted by molar-refractivity contribution is 0.0965. The zero-order valence-electron chi connectivity index (χ0n) is 9.43. The Labute approximate surface area is 87.8 Å². The fourth-order valence-electron chi connectivity index (χ4n) is 1.68. The van der Waals surface area contributed by atoms with Gasteiger partial charge >= 0.3 is 0 Å². The van der Waals surface area contributed by atoms with Crippen LogP contribution in [-0.4, -0.2) is 50.8 Å². The quantitative estimate of drug-likeness (QED) is 0.623. The molecular formula is C11H24N2O. The van der Waals surface area contributed by atoms with Gasteiger partial charge in [-0.3, -0.25) is 4.90 Å². The van der Waals surface area contributed by atoms with Gasteiger partial charge in [-0.1, -0.05) is 19.8 Å². The fourth-order valence-corrected chi connectivity index (χ4v) is 1.68. The molecule has 1 fully saturated rings.